The van der Waals surface area contributed by atoms with Gasteiger partial charge in [0.25, 0.3) is 0 Å². The minimum Gasteiger partial charge on any atom is -0.478 e. The van der Waals surface area contributed by atoms with Crippen molar-refractivity contribution in [3.05, 3.63) is 60.4 Å². The summed E-state index contributed by atoms with van der Waals surface area (Å²) in [6.07, 6.45) is 24.5. The fourth-order valence-corrected chi connectivity index (χ4v) is 2.02. The molecule has 0 unspecified atom stereocenters. The van der Waals surface area contributed by atoms with Crippen molar-refractivity contribution >= 4 is 5.97 Å². The molecule has 0 aliphatic rings. The lowest BCUT2D eigenvalue weighted by atomic mass is 10.1. The Labute approximate surface area is 145 Å². The van der Waals surface area contributed by atoms with Crippen LogP contribution in [0.5, 0.6) is 0 Å². The molecular weight excluding hydrogens is 304 g/mol. The number of allylic oxidation sites excluding steroid dienone is 8. The first-order valence-corrected chi connectivity index (χ1v) is 8.63. The van der Waals surface area contributed by atoms with E-state index in [9.17, 15) is 4.79 Å². The van der Waals surface area contributed by atoms with E-state index in [1.165, 1.54) is 44.6 Å². The fourth-order valence-electron chi connectivity index (χ4n) is 2.02. The zero-order valence-corrected chi connectivity index (χ0v) is 14.6. The number of carboxylic acid groups (broad SMARTS) is 1. The quantitative estimate of drug-likeness (QED) is 0.105. The Bertz CT molecular complexity index is 456. The predicted octanol–water partition coefficient (Wildman–Crippen LogP) is 5.81. The Balaban J connectivity index is 3.92. The van der Waals surface area contributed by atoms with Crippen LogP contribution < -0.4 is 0 Å². The van der Waals surface area contributed by atoms with E-state index in [1.807, 2.05) is 6.08 Å². The second-order valence-electron chi connectivity index (χ2n) is 5.44. The van der Waals surface area contributed by atoms with Gasteiger partial charge in [-0.2, -0.15) is 0 Å². The Kier molecular flexibility index (Phi) is 15.8. The second-order valence-corrected chi connectivity index (χ2v) is 5.44. The van der Waals surface area contributed by atoms with Crippen molar-refractivity contribution < 1.29 is 20.0 Å². The first kappa shape index (κ1) is 21.9. The topological polar surface area (TPSA) is 66.8 Å². The standard InChI is InChI=1S/C20H30O4/c1-2-3-4-5-6-7-8-10-13-16-19(24-23)17-14-11-9-12-15-18-20(21)22/h9,11-18,23H,2-8,10H2,1H3,(H,21,22)/b12-9+,14-11+,16-13+,18-15+,19-17+. The number of hydrogen-bond donors (Lipinski definition) is 2. The SMILES string of the molecule is CCCCCCCCC/C=C/C(=C\C=C\C=C\C=C\C(=O)O)OO. The lowest BCUT2D eigenvalue weighted by Crippen LogP contribution is -1.84. The highest BCUT2D eigenvalue weighted by Crippen LogP contribution is 2.09. The maximum atomic E-state index is 10.2. The molecule has 0 fully saturated rings. The van der Waals surface area contributed by atoms with E-state index in [1.54, 1.807) is 36.5 Å². The van der Waals surface area contributed by atoms with E-state index in [-0.39, 0.29) is 0 Å². The van der Waals surface area contributed by atoms with E-state index in [4.69, 9.17) is 10.4 Å². The van der Waals surface area contributed by atoms with Crippen LogP contribution in [0.1, 0.15) is 58.3 Å². The van der Waals surface area contributed by atoms with Crippen LogP contribution in [0.25, 0.3) is 0 Å². The average molecular weight is 334 g/mol. The number of carboxylic acids is 1. The van der Waals surface area contributed by atoms with E-state index >= 15 is 0 Å². The van der Waals surface area contributed by atoms with Gasteiger partial charge in [-0.25, -0.2) is 10.1 Å². The number of unbranched alkanes of at least 4 members (excludes halogenated alkanes) is 7. The molecule has 0 saturated carbocycles. The van der Waals surface area contributed by atoms with Gasteiger partial charge in [-0.15, -0.1) is 0 Å². The molecule has 134 valence electrons. The molecule has 2 N–H and O–H groups in total. The minimum atomic E-state index is -0.981. The summed E-state index contributed by atoms with van der Waals surface area (Å²) < 4.78 is 0. The molecule has 0 rings (SSSR count). The van der Waals surface area contributed by atoms with Gasteiger partial charge in [0, 0.05) is 6.08 Å². The Morgan fingerprint density at radius 1 is 0.875 bits per heavy atom. The van der Waals surface area contributed by atoms with Gasteiger partial charge >= 0.3 is 5.97 Å². The molecule has 0 spiro atoms. The first-order chi connectivity index (χ1) is 11.7. The van der Waals surface area contributed by atoms with Gasteiger partial charge in [0.15, 0.2) is 5.76 Å². The fraction of sp³-hybridized carbons (Fsp3) is 0.450. The van der Waals surface area contributed by atoms with Crippen molar-refractivity contribution in [1.82, 2.24) is 0 Å². The lowest BCUT2D eigenvalue weighted by molar-refractivity contribution is -0.198. The van der Waals surface area contributed by atoms with Gasteiger partial charge in [-0.05, 0) is 25.0 Å². The van der Waals surface area contributed by atoms with E-state index < -0.39 is 5.97 Å². The molecule has 0 heterocycles. The van der Waals surface area contributed by atoms with Gasteiger partial charge in [0.2, 0.25) is 0 Å². The maximum Gasteiger partial charge on any atom is 0.328 e. The normalized spacial score (nSPS) is 13.0. The van der Waals surface area contributed by atoms with Crippen LogP contribution in [-0.4, -0.2) is 16.3 Å². The molecule has 0 aromatic heterocycles. The van der Waals surface area contributed by atoms with Gasteiger partial charge in [-0.1, -0.05) is 81.9 Å². The van der Waals surface area contributed by atoms with Crippen LogP contribution in [0.3, 0.4) is 0 Å². The van der Waals surface area contributed by atoms with Gasteiger partial charge < -0.3 is 9.99 Å². The van der Waals surface area contributed by atoms with Crippen molar-refractivity contribution in [3.63, 3.8) is 0 Å². The van der Waals surface area contributed by atoms with Crippen LogP contribution in [0.4, 0.5) is 0 Å². The van der Waals surface area contributed by atoms with Crippen LogP contribution in [0.15, 0.2) is 60.4 Å². The van der Waals surface area contributed by atoms with Crippen molar-refractivity contribution in [2.24, 2.45) is 0 Å². The van der Waals surface area contributed by atoms with Gasteiger partial charge in [-0.3, -0.25) is 0 Å². The molecule has 24 heavy (non-hydrogen) atoms. The largest absolute Gasteiger partial charge is 0.478 e. The monoisotopic (exact) mass is 334 g/mol. The summed E-state index contributed by atoms with van der Waals surface area (Å²) in [5, 5.41) is 17.2. The van der Waals surface area contributed by atoms with E-state index in [2.05, 4.69) is 11.8 Å². The molecule has 0 radical (unpaired) electrons. The number of rotatable bonds is 14. The highest BCUT2D eigenvalue weighted by atomic mass is 17.1. The third kappa shape index (κ3) is 16.3. The first-order valence-electron chi connectivity index (χ1n) is 8.63. The molecule has 0 bridgehead atoms. The maximum absolute atomic E-state index is 10.2. The van der Waals surface area contributed by atoms with Crippen LogP contribution >= 0.6 is 0 Å². The summed E-state index contributed by atoms with van der Waals surface area (Å²) in [4.78, 5) is 14.5. The van der Waals surface area contributed by atoms with Crippen molar-refractivity contribution in [2.45, 2.75) is 58.3 Å². The van der Waals surface area contributed by atoms with Crippen LogP contribution in [0, 0.1) is 0 Å². The van der Waals surface area contributed by atoms with E-state index in [0.29, 0.717) is 5.76 Å². The van der Waals surface area contributed by atoms with Crippen LogP contribution in [-0.2, 0) is 9.68 Å². The average Bonchev–Trinajstić information content (AvgIpc) is 2.57. The van der Waals surface area contributed by atoms with Crippen molar-refractivity contribution in [3.8, 4) is 0 Å². The molecule has 4 heteroatoms. The number of hydrogen-bond acceptors (Lipinski definition) is 3. The van der Waals surface area contributed by atoms with Gasteiger partial charge in [0.05, 0.1) is 0 Å². The van der Waals surface area contributed by atoms with Crippen molar-refractivity contribution in [1.29, 1.82) is 0 Å². The Morgan fingerprint density at radius 3 is 2.17 bits per heavy atom. The minimum absolute atomic E-state index is 0.365. The molecule has 0 aromatic rings. The zero-order valence-electron chi connectivity index (χ0n) is 14.6. The summed E-state index contributed by atoms with van der Waals surface area (Å²) in [5.41, 5.74) is 0. The third-order valence-corrected chi connectivity index (χ3v) is 3.31. The molecule has 0 amide bonds. The lowest BCUT2D eigenvalue weighted by Gasteiger charge is -1.99. The summed E-state index contributed by atoms with van der Waals surface area (Å²) in [7, 11) is 0. The Hall–Kier alpha value is -2.07. The highest BCUT2D eigenvalue weighted by Gasteiger charge is 1.91. The summed E-state index contributed by atoms with van der Waals surface area (Å²) in [5.74, 6) is -0.616. The summed E-state index contributed by atoms with van der Waals surface area (Å²) in [6, 6.07) is 0. The molecule has 0 atom stereocenters. The third-order valence-electron chi connectivity index (χ3n) is 3.31. The second kappa shape index (κ2) is 17.3. The molecular formula is C20H30O4. The smallest absolute Gasteiger partial charge is 0.328 e. The van der Waals surface area contributed by atoms with Gasteiger partial charge in [0.1, 0.15) is 0 Å². The molecule has 0 aliphatic carbocycles. The van der Waals surface area contributed by atoms with Crippen LogP contribution in [0.2, 0.25) is 0 Å². The summed E-state index contributed by atoms with van der Waals surface area (Å²) in [6.45, 7) is 2.22. The molecule has 0 aliphatic heterocycles. The molecule has 0 aromatic carbocycles. The summed E-state index contributed by atoms with van der Waals surface area (Å²) >= 11 is 0. The van der Waals surface area contributed by atoms with E-state index in [0.717, 1.165) is 18.9 Å². The highest BCUT2D eigenvalue weighted by molar-refractivity contribution is 5.80. The molecule has 0 saturated heterocycles. The predicted molar refractivity (Wildman–Crippen MR) is 98.6 cm³/mol. The number of aliphatic carboxylic acids is 1. The Morgan fingerprint density at radius 2 is 1.50 bits per heavy atom. The number of carbonyl (C=O) groups is 1. The molecule has 4 nitrogen and oxygen atoms in total. The van der Waals surface area contributed by atoms with Crippen molar-refractivity contribution in [2.75, 3.05) is 0 Å². The zero-order chi connectivity index (χ0) is 17.9.